The van der Waals surface area contributed by atoms with Gasteiger partial charge in [0.05, 0.1) is 11.5 Å². The Hall–Kier alpha value is -3.33. The van der Waals surface area contributed by atoms with Gasteiger partial charge in [0.1, 0.15) is 11.3 Å². The van der Waals surface area contributed by atoms with Gasteiger partial charge in [-0.1, -0.05) is 13.8 Å². The van der Waals surface area contributed by atoms with Crippen molar-refractivity contribution in [3.05, 3.63) is 64.4 Å². The fraction of sp³-hybridized carbons (Fsp3) is 0.333. The number of rotatable bonds is 10. The van der Waals surface area contributed by atoms with Crippen LogP contribution in [0.4, 0.5) is 5.69 Å². The summed E-state index contributed by atoms with van der Waals surface area (Å²) < 4.78 is 33.7. The average Bonchev–Trinajstić information content (AvgIpc) is 2.80. The summed E-state index contributed by atoms with van der Waals surface area (Å²) in [6.45, 7) is 7.40. The summed E-state index contributed by atoms with van der Waals surface area (Å²) in [5.74, 6) is 0.276. The second kappa shape index (κ2) is 10.5. The number of pyridine rings is 1. The van der Waals surface area contributed by atoms with E-state index in [9.17, 15) is 18.0 Å². The molecule has 0 radical (unpaired) electrons. The van der Waals surface area contributed by atoms with Crippen molar-refractivity contribution in [1.82, 2.24) is 9.88 Å². The number of ether oxygens (including phenoxy) is 1. The highest BCUT2D eigenvalue weighted by atomic mass is 32.2. The minimum atomic E-state index is -3.95. The molecule has 0 saturated carbocycles. The molecule has 0 spiro atoms. The van der Waals surface area contributed by atoms with Crippen LogP contribution in [-0.2, 0) is 10.0 Å². The summed E-state index contributed by atoms with van der Waals surface area (Å²) in [6.07, 6.45) is 2.95. The number of hydrogen-bond donors (Lipinski definition) is 2. The number of anilines is 1. The molecule has 0 unspecified atom stereocenters. The van der Waals surface area contributed by atoms with Crippen molar-refractivity contribution < 1.29 is 17.9 Å². The predicted molar refractivity (Wildman–Crippen MR) is 129 cm³/mol. The predicted octanol–water partition coefficient (Wildman–Crippen LogP) is 3.99. The fourth-order valence-electron chi connectivity index (χ4n) is 3.55. The van der Waals surface area contributed by atoms with Crippen LogP contribution in [0.3, 0.4) is 0 Å². The molecule has 0 aliphatic rings. The number of fused-ring (bicyclic) bond motifs is 1. The minimum absolute atomic E-state index is 0.00146. The zero-order chi connectivity index (χ0) is 24.0. The van der Waals surface area contributed by atoms with Gasteiger partial charge in [-0.05, 0) is 62.2 Å². The maximum absolute atomic E-state index is 13.1. The normalized spacial score (nSPS) is 11.4. The maximum Gasteiger partial charge on any atom is 0.261 e. The summed E-state index contributed by atoms with van der Waals surface area (Å²) in [5, 5.41) is 0.142. The fourth-order valence-corrected chi connectivity index (χ4v) is 4.63. The van der Waals surface area contributed by atoms with Crippen LogP contribution in [0, 0.1) is 0 Å². The van der Waals surface area contributed by atoms with Crippen LogP contribution in [0.15, 0.2) is 58.4 Å². The Bertz CT molecular complexity index is 1280. The minimum Gasteiger partial charge on any atom is -0.494 e. The van der Waals surface area contributed by atoms with Crippen LogP contribution in [0.5, 0.6) is 5.75 Å². The Morgan fingerprint density at radius 3 is 2.30 bits per heavy atom. The van der Waals surface area contributed by atoms with Crippen LogP contribution < -0.4 is 14.9 Å². The molecular formula is C24H29N3O5S. The van der Waals surface area contributed by atoms with Gasteiger partial charge in [0.2, 0.25) is 5.43 Å². The van der Waals surface area contributed by atoms with E-state index in [0.29, 0.717) is 36.6 Å². The standard InChI is InChI=1S/C24H29N3O5S/c1-4-13-27(14-5-2)24(29)21-16-25-22-12-11-19(15-20(22)23(21)28)33(30,31)26-17-7-9-18(10-8-17)32-6-3/h7-12,15-16,26H,4-6,13-14H2,1-3H3,(H,25,28). The number of sulfonamides is 1. The van der Waals surface area contributed by atoms with Gasteiger partial charge >= 0.3 is 0 Å². The second-order valence-electron chi connectivity index (χ2n) is 7.59. The van der Waals surface area contributed by atoms with E-state index < -0.39 is 15.5 Å². The average molecular weight is 472 g/mol. The highest BCUT2D eigenvalue weighted by Crippen LogP contribution is 2.21. The molecule has 33 heavy (non-hydrogen) atoms. The molecule has 9 heteroatoms. The molecule has 2 aromatic carbocycles. The van der Waals surface area contributed by atoms with Gasteiger partial charge in [0.15, 0.2) is 0 Å². The van der Waals surface area contributed by atoms with Crippen LogP contribution in [-0.4, -0.2) is 43.9 Å². The molecule has 0 aliphatic heterocycles. The van der Waals surface area contributed by atoms with E-state index in [2.05, 4.69) is 9.71 Å². The lowest BCUT2D eigenvalue weighted by Gasteiger charge is -2.21. The Balaban J connectivity index is 1.95. The highest BCUT2D eigenvalue weighted by molar-refractivity contribution is 7.92. The molecule has 0 aliphatic carbocycles. The SMILES string of the molecule is CCCN(CCC)C(=O)c1c[nH]c2ccc(S(=O)(=O)Nc3ccc(OCC)cc3)cc2c1=O. The number of carbonyl (C=O) groups excluding carboxylic acids is 1. The van der Waals surface area contributed by atoms with Crippen molar-refractivity contribution >= 4 is 32.5 Å². The van der Waals surface area contributed by atoms with Crippen molar-refractivity contribution in [2.24, 2.45) is 0 Å². The third-order valence-electron chi connectivity index (χ3n) is 5.08. The second-order valence-corrected chi connectivity index (χ2v) is 9.28. The van der Waals surface area contributed by atoms with E-state index in [0.717, 1.165) is 12.8 Å². The molecule has 0 saturated heterocycles. The van der Waals surface area contributed by atoms with Gasteiger partial charge in [0, 0.05) is 35.9 Å². The third kappa shape index (κ3) is 5.54. The Morgan fingerprint density at radius 1 is 1.03 bits per heavy atom. The zero-order valence-electron chi connectivity index (χ0n) is 19.1. The van der Waals surface area contributed by atoms with Gasteiger partial charge < -0.3 is 14.6 Å². The van der Waals surface area contributed by atoms with E-state index in [4.69, 9.17) is 4.74 Å². The largest absolute Gasteiger partial charge is 0.494 e. The summed E-state index contributed by atoms with van der Waals surface area (Å²) in [4.78, 5) is 30.6. The number of aromatic amines is 1. The first-order valence-corrected chi connectivity index (χ1v) is 12.5. The molecule has 1 amide bonds. The van der Waals surface area contributed by atoms with E-state index in [1.807, 2.05) is 20.8 Å². The summed E-state index contributed by atoms with van der Waals surface area (Å²) in [5.41, 5.74) is 0.322. The van der Waals surface area contributed by atoms with Gasteiger partial charge in [0.25, 0.3) is 15.9 Å². The van der Waals surface area contributed by atoms with Crippen molar-refractivity contribution in [1.29, 1.82) is 0 Å². The maximum atomic E-state index is 13.1. The number of H-pyrrole nitrogens is 1. The first kappa shape index (κ1) is 24.3. The summed E-state index contributed by atoms with van der Waals surface area (Å²) in [7, 11) is -3.95. The number of benzene rings is 2. The molecular weight excluding hydrogens is 442 g/mol. The van der Waals surface area contributed by atoms with E-state index in [1.54, 1.807) is 29.2 Å². The first-order chi connectivity index (χ1) is 15.8. The van der Waals surface area contributed by atoms with Crippen molar-refractivity contribution in [3.63, 3.8) is 0 Å². The molecule has 3 rings (SSSR count). The van der Waals surface area contributed by atoms with Gasteiger partial charge in [-0.15, -0.1) is 0 Å². The van der Waals surface area contributed by atoms with E-state index in [-0.39, 0.29) is 21.8 Å². The molecule has 1 heterocycles. The Kier molecular flexibility index (Phi) is 7.75. The summed E-state index contributed by atoms with van der Waals surface area (Å²) >= 11 is 0. The Labute approximate surface area is 193 Å². The lowest BCUT2D eigenvalue weighted by atomic mass is 10.1. The van der Waals surface area contributed by atoms with Crippen molar-refractivity contribution in [2.75, 3.05) is 24.4 Å². The van der Waals surface area contributed by atoms with Gasteiger partial charge in [-0.2, -0.15) is 0 Å². The molecule has 0 atom stereocenters. The third-order valence-corrected chi connectivity index (χ3v) is 6.46. The van der Waals surface area contributed by atoms with Crippen molar-refractivity contribution in [3.8, 4) is 5.75 Å². The van der Waals surface area contributed by atoms with Crippen molar-refractivity contribution in [2.45, 2.75) is 38.5 Å². The number of carbonyl (C=O) groups is 1. The quantitative estimate of drug-likeness (QED) is 0.465. The van der Waals surface area contributed by atoms with Crippen LogP contribution in [0.1, 0.15) is 44.0 Å². The van der Waals surface area contributed by atoms with Crippen LogP contribution in [0.25, 0.3) is 10.9 Å². The molecule has 1 aromatic heterocycles. The molecule has 8 nitrogen and oxygen atoms in total. The number of amides is 1. The first-order valence-electron chi connectivity index (χ1n) is 11.0. The number of hydrogen-bond acceptors (Lipinski definition) is 5. The number of nitrogens with zero attached hydrogens (tertiary/aromatic N) is 1. The topological polar surface area (TPSA) is 109 Å². The van der Waals surface area contributed by atoms with Crippen LogP contribution >= 0.6 is 0 Å². The van der Waals surface area contributed by atoms with E-state index in [1.165, 1.54) is 24.4 Å². The number of aromatic nitrogens is 1. The van der Waals surface area contributed by atoms with E-state index >= 15 is 0 Å². The zero-order valence-corrected chi connectivity index (χ0v) is 19.9. The summed E-state index contributed by atoms with van der Waals surface area (Å²) in [6, 6.07) is 10.8. The lowest BCUT2D eigenvalue weighted by molar-refractivity contribution is 0.0754. The highest BCUT2D eigenvalue weighted by Gasteiger charge is 2.21. The van der Waals surface area contributed by atoms with Gasteiger partial charge in [-0.3, -0.25) is 14.3 Å². The Morgan fingerprint density at radius 2 is 1.70 bits per heavy atom. The van der Waals surface area contributed by atoms with Crippen LogP contribution in [0.2, 0.25) is 0 Å². The molecule has 3 aromatic rings. The molecule has 2 N–H and O–H groups in total. The number of nitrogens with one attached hydrogen (secondary N) is 2. The monoisotopic (exact) mass is 471 g/mol. The smallest absolute Gasteiger partial charge is 0.261 e. The molecule has 176 valence electrons. The van der Waals surface area contributed by atoms with Gasteiger partial charge in [-0.25, -0.2) is 8.42 Å². The molecule has 0 bridgehead atoms. The molecule has 0 fully saturated rings. The lowest BCUT2D eigenvalue weighted by Crippen LogP contribution is -2.35.